The lowest BCUT2D eigenvalue weighted by Gasteiger charge is -2.16. The van der Waals surface area contributed by atoms with E-state index < -0.39 is 12.0 Å². The van der Waals surface area contributed by atoms with Gasteiger partial charge < -0.3 is 20.7 Å². The fourth-order valence-corrected chi connectivity index (χ4v) is 3.56. The van der Waals surface area contributed by atoms with E-state index in [9.17, 15) is 9.59 Å². The third kappa shape index (κ3) is 6.18. The van der Waals surface area contributed by atoms with Crippen LogP contribution in [-0.4, -0.2) is 30.9 Å². The number of rotatable bonds is 7. The molecule has 0 bridgehead atoms. The van der Waals surface area contributed by atoms with Gasteiger partial charge in [0.1, 0.15) is 12.4 Å². The Hall–Kier alpha value is -4.30. The zero-order valence-corrected chi connectivity index (χ0v) is 19.7. The van der Waals surface area contributed by atoms with Crippen molar-refractivity contribution in [1.29, 1.82) is 0 Å². The van der Waals surface area contributed by atoms with Crippen LogP contribution in [0.25, 0.3) is 0 Å². The number of halogens is 1. The van der Waals surface area contributed by atoms with E-state index in [-0.39, 0.29) is 19.0 Å². The number of anilines is 2. The number of para-hydroxylation sites is 1. The number of nitrogens with zero attached hydrogens (tertiary/aromatic N) is 1. The van der Waals surface area contributed by atoms with E-state index in [1.165, 1.54) is 0 Å². The van der Waals surface area contributed by atoms with Gasteiger partial charge >= 0.3 is 12.0 Å². The van der Waals surface area contributed by atoms with Crippen LogP contribution in [-0.2, 0) is 9.53 Å². The van der Waals surface area contributed by atoms with E-state index in [0.717, 1.165) is 16.8 Å². The molecular weight excluding hydrogens is 466 g/mol. The van der Waals surface area contributed by atoms with Gasteiger partial charge in [-0.15, -0.1) is 0 Å². The van der Waals surface area contributed by atoms with Gasteiger partial charge in [-0.1, -0.05) is 60.1 Å². The number of esters is 1. The first-order valence-electron chi connectivity index (χ1n) is 11.0. The maximum Gasteiger partial charge on any atom is 0.325 e. The molecule has 4 N–H and O–H groups in total. The Bertz CT molecular complexity index is 1270. The minimum absolute atomic E-state index is 0.113. The number of carbonyl (C=O) groups is 2. The first kappa shape index (κ1) is 23.8. The van der Waals surface area contributed by atoms with Crippen LogP contribution in [0, 0.1) is 0 Å². The maximum atomic E-state index is 12.9. The van der Waals surface area contributed by atoms with Crippen LogP contribution in [0.4, 0.5) is 16.2 Å². The van der Waals surface area contributed by atoms with Crippen molar-refractivity contribution in [3.8, 4) is 0 Å². The van der Waals surface area contributed by atoms with Gasteiger partial charge in [-0.3, -0.25) is 10.1 Å². The fourth-order valence-electron chi connectivity index (χ4n) is 3.43. The smallest absolute Gasteiger partial charge is 0.325 e. The molecule has 0 unspecified atom stereocenters. The van der Waals surface area contributed by atoms with Gasteiger partial charge in [0.05, 0.1) is 12.3 Å². The summed E-state index contributed by atoms with van der Waals surface area (Å²) < 4.78 is 5.03. The van der Waals surface area contributed by atoms with E-state index in [2.05, 4.69) is 21.3 Å². The third-order valence-corrected chi connectivity index (χ3v) is 5.25. The maximum absolute atomic E-state index is 12.9. The molecule has 3 aromatic carbocycles. The normalized spacial score (nSPS) is 12.5. The number of fused-ring (bicyclic) bond motifs is 1. The first-order valence-corrected chi connectivity index (χ1v) is 11.4. The summed E-state index contributed by atoms with van der Waals surface area (Å²) >= 11 is 5.93. The van der Waals surface area contributed by atoms with Gasteiger partial charge in [0, 0.05) is 27.5 Å². The molecule has 0 atom stereocenters. The molecule has 0 aliphatic carbocycles. The number of benzene rings is 3. The number of aliphatic imine (C=N–C) groups is 1. The van der Waals surface area contributed by atoms with Crippen molar-refractivity contribution in [2.45, 2.75) is 6.92 Å². The summed E-state index contributed by atoms with van der Waals surface area (Å²) in [6.45, 7) is 1.89. The molecule has 0 radical (unpaired) electrons. The Balaban J connectivity index is 1.71. The molecule has 35 heavy (non-hydrogen) atoms. The average molecular weight is 490 g/mol. The van der Waals surface area contributed by atoms with Crippen molar-refractivity contribution < 1.29 is 14.3 Å². The van der Waals surface area contributed by atoms with Gasteiger partial charge in [0.15, 0.2) is 5.82 Å². The predicted octanol–water partition coefficient (Wildman–Crippen LogP) is 4.70. The van der Waals surface area contributed by atoms with Crippen LogP contribution in [0.3, 0.4) is 0 Å². The van der Waals surface area contributed by atoms with Crippen LogP contribution >= 0.6 is 11.6 Å². The highest BCUT2D eigenvalue weighted by Gasteiger charge is 2.21. The second kappa shape index (κ2) is 11.2. The zero-order valence-electron chi connectivity index (χ0n) is 19.0. The van der Waals surface area contributed by atoms with Crippen LogP contribution in [0.15, 0.2) is 95.5 Å². The molecule has 2 amide bonds. The molecular formula is C26H24ClN5O3. The predicted molar refractivity (Wildman–Crippen MR) is 137 cm³/mol. The van der Waals surface area contributed by atoms with E-state index in [4.69, 9.17) is 21.3 Å². The SMILES string of the molecule is CCOC(=O)CNC1=C(NC(=O)Nc2ccc(Cl)cc2)N=C(c2ccccc2)c2ccccc2N1. The minimum atomic E-state index is -0.512. The first-order chi connectivity index (χ1) is 17.0. The number of urea groups is 1. The molecule has 0 saturated heterocycles. The number of hydrogen-bond donors (Lipinski definition) is 4. The average Bonchev–Trinajstić information content (AvgIpc) is 3.02. The lowest BCUT2D eigenvalue weighted by atomic mass is 10.0. The number of hydrogen-bond acceptors (Lipinski definition) is 6. The Morgan fingerprint density at radius 2 is 1.66 bits per heavy atom. The second-order valence-electron chi connectivity index (χ2n) is 7.47. The number of amides is 2. The fraction of sp³-hybridized carbons (Fsp3) is 0.115. The Morgan fingerprint density at radius 3 is 2.40 bits per heavy atom. The third-order valence-electron chi connectivity index (χ3n) is 5.00. The standard InChI is InChI=1S/C26H24ClN5O3/c1-2-35-22(33)16-28-24-25(32-26(34)29-19-14-12-18(27)13-15-19)31-23(17-8-4-3-5-9-17)20-10-6-7-11-21(20)30-24/h3-15,28,30H,2,16H2,1H3,(H2,29,32,34). The van der Waals surface area contributed by atoms with E-state index in [1.54, 1.807) is 31.2 Å². The molecule has 1 aliphatic rings. The van der Waals surface area contributed by atoms with Gasteiger partial charge in [-0.25, -0.2) is 9.79 Å². The van der Waals surface area contributed by atoms with Crippen LogP contribution in [0.1, 0.15) is 18.1 Å². The summed E-state index contributed by atoms with van der Waals surface area (Å²) in [7, 11) is 0. The molecule has 1 aliphatic heterocycles. The second-order valence-corrected chi connectivity index (χ2v) is 7.90. The van der Waals surface area contributed by atoms with Crippen molar-refractivity contribution in [3.05, 3.63) is 107 Å². The molecule has 8 nitrogen and oxygen atoms in total. The largest absolute Gasteiger partial charge is 0.465 e. The van der Waals surface area contributed by atoms with Crippen molar-refractivity contribution >= 4 is 40.7 Å². The monoisotopic (exact) mass is 489 g/mol. The van der Waals surface area contributed by atoms with Gasteiger partial charge in [-0.05, 0) is 37.3 Å². The van der Waals surface area contributed by atoms with Crippen molar-refractivity contribution in [3.63, 3.8) is 0 Å². The van der Waals surface area contributed by atoms with Crippen molar-refractivity contribution in [2.75, 3.05) is 23.8 Å². The van der Waals surface area contributed by atoms with Gasteiger partial charge in [0.2, 0.25) is 0 Å². The lowest BCUT2D eigenvalue weighted by molar-refractivity contribution is -0.141. The van der Waals surface area contributed by atoms with E-state index in [0.29, 0.717) is 22.2 Å². The molecule has 0 fully saturated rings. The lowest BCUT2D eigenvalue weighted by Crippen LogP contribution is -2.34. The summed E-state index contributed by atoms with van der Waals surface area (Å²) in [4.78, 5) is 29.7. The topological polar surface area (TPSA) is 104 Å². The summed E-state index contributed by atoms with van der Waals surface area (Å²) in [6, 6.07) is 23.5. The Labute approximate surface area is 208 Å². The van der Waals surface area contributed by atoms with Crippen molar-refractivity contribution in [1.82, 2.24) is 10.6 Å². The number of nitrogens with one attached hydrogen (secondary N) is 4. The number of carbonyl (C=O) groups excluding carboxylic acids is 2. The molecule has 9 heteroatoms. The summed E-state index contributed by atoms with van der Waals surface area (Å²) in [6.07, 6.45) is 0. The molecule has 1 heterocycles. The molecule has 4 rings (SSSR count). The van der Waals surface area contributed by atoms with Crippen LogP contribution in [0.5, 0.6) is 0 Å². The molecule has 0 saturated carbocycles. The molecule has 0 spiro atoms. The Kier molecular flexibility index (Phi) is 7.64. The van der Waals surface area contributed by atoms with Crippen molar-refractivity contribution in [2.24, 2.45) is 4.99 Å². The highest BCUT2D eigenvalue weighted by atomic mass is 35.5. The molecule has 0 aromatic heterocycles. The highest BCUT2D eigenvalue weighted by Crippen LogP contribution is 2.26. The zero-order chi connectivity index (χ0) is 24.6. The summed E-state index contributed by atoms with van der Waals surface area (Å²) in [5, 5.41) is 12.4. The summed E-state index contributed by atoms with van der Waals surface area (Å²) in [5.41, 5.74) is 3.68. The molecule has 178 valence electrons. The number of ether oxygens (including phenoxy) is 1. The van der Waals surface area contributed by atoms with Crippen LogP contribution < -0.4 is 21.3 Å². The van der Waals surface area contributed by atoms with Gasteiger partial charge in [-0.2, -0.15) is 0 Å². The van der Waals surface area contributed by atoms with E-state index >= 15 is 0 Å². The summed E-state index contributed by atoms with van der Waals surface area (Å²) in [5.74, 6) is 0.120. The van der Waals surface area contributed by atoms with Gasteiger partial charge in [0.25, 0.3) is 0 Å². The molecule has 3 aromatic rings. The Morgan fingerprint density at radius 1 is 0.943 bits per heavy atom. The quantitative estimate of drug-likeness (QED) is 0.360. The minimum Gasteiger partial charge on any atom is -0.465 e. The highest BCUT2D eigenvalue weighted by molar-refractivity contribution is 6.30. The van der Waals surface area contributed by atoms with E-state index in [1.807, 2.05) is 54.6 Å². The van der Waals surface area contributed by atoms with Crippen LogP contribution in [0.2, 0.25) is 5.02 Å².